The molecule has 1 aromatic heterocycles. The zero-order chi connectivity index (χ0) is 19.8. The number of nitrogens with zero attached hydrogens (tertiary/aromatic N) is 2. The van der Waals surface area contributed by atoms with Crippen molar-refractivity contribution < 1.29 is 18.8 Å². The Morgan fingerprint density at radius 1 is 1.26 bits per heavy atom. The molecule has 0 saturated carbocycles. The van der Waals surface area contributed by atoms with Gasteiger partial charge in [-0.05, 0) is 51.5 Å². The zero-order valence-corrected chi connectivity index (χ0v) is 16.3. The minimum Gasteiger partial charge on any atom is -0.494 e. The molecule has 0 unspecified atom stereocenters. The highest BCUT2D eigenvalue weighted by atomic mass is 16.5. The van der Waals surface area contributed by atoms with E-state index in [9.17, 15) is 9.59 Å². The van der Waals surface area contributed by atoms with Gasteiger partial charge in [-0.3, -0.25) is 9.59 Å². The molecule has 2 aromatic rings. The molecule has 0 radical (unpaired) electrons. The number of aromatic nitrogens is 1. The van der Waals surface area contributed by atoms with Gasteiger partial charge in [0.15, 0.2) is 5.82 Å². The van der Waals surface area contributed by atoms with Crippen molar-refractivity contribution >= 4 is 17.6 Å². The first-order valence-electron chi connectivity index (χ1n) is 9.17. The van der Waals surface area contributed by atoms with E-state index in [1.807, 2.05) is 13.8 Å². The van der Waals surface area contributed by atoms with E-state index in [4.69, 9.17) is 9.26 Å². The summed E-state index contributed by atoms with van der Waals surface area (Å²) in [7, 11) is 0. The van der Waals surface area contributed by atoms with E-state index < -0.39 is 0 Å². The summed E-state index contributed by atoms with van der Waals surface area (Å²) in [5, 5.41) is 6.36. The Morgan fingerprint density at radius 3 is 2.52 bits per heavy atom. The summed E-state index contributed by atoms with van der Waals surface area (Å²) in [5.41, 5.74) is 0.511. The van der Waals surface area contributed by atoms with Gasteiger partial charge in [0.25, 0.3) is 5.91 Å². The first-order valence-corrected chi connectivity index (χ1v) is 9.17. The van der Waals surface area contributed by atoms with Crippen LogP contribution in [-0.4, -0.2) is 41.1 Å². The van der Waals surface area contributed by atoms with E-state index in [2.05, 4.69) is 17.4 Å². The highest BCUT2D eigenvalue weighted by Crippen LogP contribution is 2.16. The fraction of sp³-hybridized carbons (Fsp3) is 0.450. The fourth-order valence-corrected chi connectivity index (χ4v) is 2.45. The average molecular weight is 373 g/mol. The zero-order valence-electron chi connectivity index (χ0n) is 16.3. The van der Waals surface area contributed by atoms with E-state index >= 15 is 0 Å². The van der Waals surface area contributed by atoms with Crippen LogP contribution in [0.15, 0.2) is 34.9 Å². The topological polar surface area (TPSA) is 84.7 Å². The number of nitrogens with one attached hydrogen (secondary N) is 1. The molecular formula is C20H27N3O4. The summed E-state index contributed by atoms with van der Waals surface area (Å²) in [5.74, 6) is 1.13. The predicted molar refractivity (Wildman–Crippen MR) is 103 cm³/mol. The number of anilines is 1. The van der Waals surface area contributed by atoms with Gasteiger partial charge in [-0.1, -0.05) is 18.5 Å². The highest BCUT2D eigenvalue weighted by molar-refractivity contribution is 5.99. The van der Waals surface area contributed by atoms with Gasteiger partial charge < -0.3 is 19.5 Å². The lowest BCUT2D eigenvalue weighted by Gasteiger charge is -2.26. The second kappa shape index (κ2) is 9.75. The molecule has 0 fully saturated rings. The maximum absolute atomic E-state index is 12.8. The lowest BCUT2D eigenvalue weighted by molar-refractivity contribution is -0.117. The van der Waals surface area contributed by atoms with Crippen LogP contribution in [0, 0.1) is 6.92 Å². The summed E-state index contributed by atoms with van der Waals surface area (Å²) < 4.78 is 10.5. The number of amides is 2. The number of unbranched alkanes of at least 4 members (excludes halogenated alkanes) is 1. The summed E-state index contributed by atoms with van der Waals surface area (Å²) in [6, 6.07) is 8.48. The Hall–Kier alpha value is -2.83. The maximum Gasteiger partial charge on any atom is 0.254 e. The Kier molecular flexibility index (Phi) is 7.40. The molecule has 0 bridgehead atoms. The number of aryl methyl sites for hydroxylation is 1. The SMILES string of the molecule is CCCCOc1ccc(C(=O)N(CC(=O)Nc2cc(C)on2)C(C)C)cc1. The Bertz CT molecular complexity index is 753. The molecule has 0 aliphatic carbocycles. The monoisotopic (exact) mass is 373 g/mol. The molecule has 7 heteroatoms. The molecule has 2 amide bonds. The quantitative estimate of drug-likeness (QED) is 0.678. The molecule has 1 aromatic carbocycles. The Balaban J connectivity index is 2.00. The second-order valence-electron chi connectivity index (χ2n) is 6.62. The van der Waals surface area contributed by atoms with Crippen molar-refractivity contribution in [1.29, 1.82) is 0 Å². The van der Waals surface area contributed by atoms with Crippen molar-refractivity contribution in [2.75, 3.05) is 18.5 Å². The molecule has 0 aliphatic rings. The van der Waals surface area contributed by atoms with Gasteiger partial charge in [0.05, 0.1) is 6.61 Å². The second-order valence-corrected chi connectivity index (χ2v) is 6.62. The molecule has 2 rings (SSSR count). The van der Waals surface area contributed by atoms with Crippen molar-refractivity contribution in [1.82, 2.24) is 10.1 Å². The minimum atomic E-state index is -0.329. The van der Waals surface area contributed by atoms with Crippen molar-refractivity contribution in [2.45, 2.75) is 46.6 Å². The van der Waals surface area contributed by atoms with Crippen molar-refractivity contribution in [3.8, 4) is 5.75 Å². The van der Waals surface area contributed by atoms with E-state index in [-0.39, 0.29) is 24.4 Å². The van der Waals surface area contributed by atoms with Gasteiger partial charge in [0, 0.05) is 17.7 Å². The number of rotatable bonds is 9. The van der Waals surface area contributed by atoms with E-state index in [0.29, 0.717) is 23.7 Å². The molecule has 1 N–H and O–H groups in total. The summed E-state index contributed by atoms with van der Waals surface area (Å²) in [4.78, 5) is 26.6. The van der Waals surface area contributed by atoms with Crippen LogP contribution < -0.4 is 10.1 Å². The molecular weight excluding hydrogens is 346 g/mol. The molecule has 1 heterocycles. The first kappa shape index (κ1) is 20.5. The van der Waals surface area contributed by atoms with E-state index in [1.54, 1.807) is 37.3 Å². The number of carbonyl (C=O) groups is 2. The summed E-state index contributed by atoms with van der Waals surface area (Å²) >= 11 is 0. The Labute approximate surface area is 159 Å². The lowest BCUT2D eigenvalue weighted by Crippen LogP contribution is -2.42. The normalized spacial score (nSPS) is 10.7. The van der Waals surface area contributed by atoms with Crippen LogP contribution in [0.1, 0.15) is 49.7 Å². The summed E-state index contributed by atoms with van der Waals surface area (Å²) in [6.45, 7) is 8.16. The molecule has 0 saturated heterocycles. The molecule has 7 nitrogen and oxygen atoms in total. The third-order valence-electron chi connectivity index (χ3n) is 3.96. The third kappa shape index (κ3) is 6.13. The predicted octanol–water partition coefficient (Wildman–Crippen LogP) is 3.65. The number of carbonyl (C=O) groups excluding carboxylic acids is 2. The van der Waals surface area contributed by atoms with Crippen molar-refractivity contribution in [3.63, 3.8) is 0 Å². The highest BCUT2D eigenvalue weighted by Gasteiger charge is 2.22. The number of benzene rings is 1. The molecule has 146 valence electrons. The van der Waals surface area contributed by atoms with Crippen LogP contribution in [0.5, 0.6) is 5.75 Å². The number of hydrogen-bond donors (Lipinski definition) is 1. The molecule has 27 heavy (non-hydrogen) atoms. The lowest BCUT2D eigenvalue weighted by atomic mass is 10.1. The number of ether oxygens (including phenoxy) is 1. The van der Waals surface area contributed by atoms with Crippen molar-refractivity contribution in [2.24, 2.45) is 0 Å². The van der Waals surface area contributed by atoms with Gasteiger partial charge in [0.1, 0.15) is 18.1 Å². The molecule has 0 atom stereocenters. The molecule has 0 spiro atoms. The van der Waals surface area contributed by atoms with Crippen LogP contribution in [0.4, 0.5) is 5.82 Å². The van der Waals surface area contributed by atoms with Crippen molar-refractivity contribution in [3.05, 3.63) is 41.7 Å². The largest absolute Gasteiger partial charge is 0.494 e. The minimum absolute atomic E-state index is 0.0723. The van der Waals surface area contributed by atoms with Crippen LogP contribution in [0.25, 0.3) is 0 Å². The van der Waals surface area contributed by atoms with E-state index in [1.165, 1.54) is 4.90 Å². The number of hydrogen-bond acceptors (Lipinski definition) is 5. The van der Waals surface area contributed by atoms with Gasteiger partial charge in [0.2, 0.25) is 5.91 Å². The fourth-order valence-electron chi connectivity index (χ4n) is 2.45. The van der Waals surface area contributed by atoms with Gasteiger partial charge in [-0.15, -0.1) is 0 Å². The van der Waals surface area contributed by atoms with Crippen LogP contribution in [-0.2, 0) is 4.79 Å². The van der Waals surface area contributed by atoms with Crippen LogP contribution >= 0.6 is 0 Å². The third-order valence-corrected chi connectivity index (χ3v) is 3.96. The van der Waals surface area contributed by atoms with Gasteiger partial charge in [-0.25, -0.2) is 0 Å². The molecule has 0 aliphatic heterocycles. The van der Waals surface area contributed by atoms with Gasteiger partial charge >= 0.3 is 0 Å². The first-order chi connectivity index (χ1) is 12.9. The van der Waals surface area contributed by atoms with Gasteiger partial charge in [-0.2, -0.15) is 0 Å². The smallest absolute Gasteiger partial charge is 0.254 e. The van der Waals surface area contributed by atoms with E-state index in [0.717, 1.165) is 18.6 Å². The maximum atomic E-state index is 12.8. The van der Waals surface area contributed by atoms with Crippen LogP contribution in [0.2, 0.25) is 0 Å². The summed E-state index contributed by atoms with van der Waals surface area (Å²) in [6.07, 6.45) is 2.05. The average Bonchev–Trinajstić information content (AvgIpc) is 3.04. The standard InChI is InChI=1S/C20H27N3O4/c1-5-6-11-26-17-9-7-16(8-10-17)20(25)23(14(2)3)13-19(24)21-18-12-15(4)27-22-18/h7-10,12,14H,5-6,11,13H2,1-4H3,(H,21,22,24). The van der Waals surface area contributed by atoms with Crippen LogP contribution in [0.3, 0.4) is 0 Å². The Morgan fingerprint density at radius 2 is 1.96 bits per heavy atom.